The largest absolute Gasteiger partial charge is 0.444 e. The van der Waals surface area contributed by atoms with Crippen LogP contribution < -0.4 is 21.7 Å². The lowest BCUT2D eigenvalue weighted by atomic mass is 10.0. The fourth-order valence-corrected chi connectivity index (χ4v) is 5.57. The second-order valence-corrected chi connectivity index (χ2v) is 11.9. The molecule has 1 aromatic carbocycles. The van der Waals surface area contributed by atoms with Crippen molar-refractivity contribution in [3.05, 3.63) is 35.9 Å². The number of ether oxygens (including phenoxy) is 1. The third kappa shape index (κ3) is 7.78. The van der Waals surface area contributed by atoms with Crippen molar-refractivity contribution in [2.45, 2.75) is 109 Å². The number of carbonyl (C=O) groups excluding carboxylic acids is 5. The van der Waals surface area contributed by atoms with E-state index in [9.17, 15) is 24.0 Å². The van der Waals surface area contributed by atoms with Crippen LogP contribution in [0.5, 0.6) is 0 Å². The van der Waals surface area contributed by atoms with Gasteiger partial charge in [0.05, 0.1) is 0 Å². The minimum absolute atomic E-state index is 0.299. The topological polar surface area (TPSA) is 163 Å². The molecule has 0 aliphatic carbocycles. The van der Waals surface area contributed by atoms with Crippen molar-refractivity contribution in [3.63, 3.8) is 0 Å². The molecule has 3 rings (SSSR count). The number of nitrogens with zero attached hydrogens (tertiary/aromatic N) is 2. The van der Waals surface area contributed by atoms with E-state index in [-0.39, 0.29) is 11.8 Å². The van der Waals surface area contributed by atoms with Gasteiger partial charge in [-0.1, -0.05) is 44.2 Å². The molecule has 0 saturated carbocycles. The quantitative estimate of drug-likeness (QED) is 0.307. The smallest absolute Gasteiger partial charge is 0.408 e. The number of likely N-dealkylation sites (tertiary alicyclic amines) is 2. The highest BCUT2D eigenvalue weighted by Gasteiger charge is 2.53. The summed E-state index contributed by atoms with van der Waals surface area (Å²) in [5.74, 6) is -1.89. The van der Waals surface area contributed by atoms with E-state index >= 15 is 0 Å². The van der Waals surface area contributed by atoms with Crippen molar-refractivity contribution in [2.24, 2.45) is 5.73 Å². The molecule has 5 amide bonds. The van der Waals surface area contributed by atoms with Crippen LogP contribution in [0.2, 0.25) is 0 Å². The monoisotopic (exact) mass is 586 g/mol. The average molecular weight is 587 g/mol. The molecule has 4 atom stereocenters. The van der Waals surface area contributed by atoms with E-state index in [2.05, 4.69) is 16.0 Å². The van der Waals surface area contributed by atoms with Crippen molar-refractivity contribution >= 4 is 29.7 Å². The molecule has 4 unspecified atom stereocenters. The molecule has 42 heavy (non-hydrogen) atoms. The summed E-state index contributed by atoms with van der Waals surface area (Å²) >= 11 is 0. The van der Waals surface area contributed by atoms with E-state index in [1.165, 1.54) is 9.80 Å². The highest BCUT2D eigenvalue weighted by molar-refractivity contribution is 5.97. The molecule has 2 heterocycles. The molecule has 0 spiro atoms. The zero-order chi connectivity index (χ0) is 31.1. The van der Waals surface area contributed by atoms with Gasteiger partial charge in [-0.2, -0.15) is 0 Å². The normalized spacial score (nSPS) is 21.9. The number of nitrogens with two attached hydrogens (primary N) is 1. The summed E-state index contributed by atoms with van der Waals surface area (Å²) < 4.78 is 5.33. The zero-order valence-corrected chi connectivity index (χ0v) is 25.4. The number of rotatable bonds is 11. The fraction of sp³-hybridized carbons (Fsp3) is 0.633. The number of amides is 5. The van der Waals surface area contributed by atoms with Crippen molar-refractivity contribution in [1.29, 1.82) is 0 Å². The number of hydrogen-bond acceptors (Lipinski definition) is 7. The third-order valence-electron chi connectivity index (χ3n) is 7.73. The fourth-order valence-electron chi connectivity index (χ4n) is 5.57. The Bertz CT molecular complexity index is 1140. The molecule has 0 bridgehead atoms. The zero-order valence-electron chi connectivity index (χ0n) is 25.4. The molecule has 1 aromatic rings. The Labute approximate surface area is 248 Å². The predicted octanol–water partition coefficient (Wildman–Crippen LogP) is 1.77. The average Bonchev–Trinajstić information content (AvgIpc) is 3.60. The first kappa shape index (κ1) is 32.8. The summed E-state index contributed by atoms with van der Waals surface area (Å²) in [4.78, 5) is 69.1. The van der Waals surface area contributed by atoms with E-state index < -0.39 is 47.3 Å². The van der Waals surface area contributed by atoms with Gasteiger partial charge in [-0.05, 0) is 64.9 Å². The van der Waals surface area contributed by atoms with Crippen LogP contribution in [-0.2, 0) is 30.5 Å². The molecule has 2 aliphatic heterocycles. The number of alkyl carbamates (subject to hydrolysis) is 1. The van der Waals surface area contributed by atoms with E-state index in [4.69, 9.17) is 10.5 Å². The van der Waals surface area contributed by atoms with Crippen LogP contribution in [0.1, 0.15) is 78.7 Å². The van der Waals surface area contributed by atoms with Gasteiger partial charge in [0.15, 0.2) is 5.66 Å². The maximum atomic E-state index is 14.2. The molecular formula is C30H46N6O6. The summed E-state index contributed by atoms with van der Waals surface area (Å²) in [5, 5.41) is 8.72. The van der Waals surface area contributed by atoms with Crippen LogP contribution >= 0.6 is 0 Å². The highest BCUT2D eigenvalue weighted by atomic mass is 16.6. The summed E-state index contributed by atoms with van der Waals surface area (Å²) in [5.41, 5.74) is 4.27. The van der Waals surface area contributed by atoms with E-state index in [1.54, 1.807) is 34.6 Å². The Kier molecular flexibility index (Phi) is 10.9. The number of carbonyl (C=O) groups is 5. The summed E-state index contributed by atoms with van der Waals surface area (Å²) in [6.45, 7) is 9.69. The van der Waals surface area contributed by atoms with Gasteiger partial charge in [-0.25, -0.2) is 4.79 Å². The van der Waals surface area contributed by atoms with Crippen molar-refractivity contribution in [1.82, 2.24) is 25.8 Å². The summed E-state index contributed by atoms with van der Waals surface area (Å²) in [6, 6.07) is 6.95. The number of nitrogens with one attached hydrogen (secondary N) is 3. The van der Waals surface area contributed by atoms with Gasteiger partial charge in [0.25, 0.3) is 5.91 Å². The van der Waals surface area contributed by atoms with Crippen LogP contribution in [0.3, 0.4) is 0 Å². The Morgan fingerprint density at radius 1 is 1.00 bits per heavy atom. The van der Waals surface area contributed by atoms with Crippen LogP contribution in [-0.4, -0.2) is 82.0 Å². The molecule has 2 fully saturated rings. The molecule has 5 N–H and O–H groups in total. The predicted molar refractivity (Wildman–Crippen MR) is 157 cm³/mol. The number of benzene rings is 1. The molecule has 0 aromatic heterocycles. The van der Waals surface area contributed by atoms with Crippen molar-refractivity contribution < 1.29 is 28.7 Å². The van der Waals surface area contributed by atoms with Crippen molar-refractivity contribution in [2.75, 3.05) is 13.1 Å². The van der Waals surface area contributed by atoms with Crippen LogP contribution in [0, 0.1) is 0 Å². The third-order valence-corrected chi connectivity index (χ3v) is 7.73. The van der Waals surface area contributed by atoms with Gasteiger partial charge in [-0.3, -0.25) is 24.5 Å². The van der Waals surface area contributed by atoms with Gasteiger partial charge < -0.3 is 30.9 Å². The van der Waals surface area contributed by atoms with Crippen LogP contribution in [0.15, 0.2) is 30.3 Å². The minimum atomic E-state index is -1.44. The number of primary amides is 1. The lowest BCUT2D eigenvalue weighted by Crippen LogP contribution is -2.69. The first-order chi connectivity index (χ1) is 19.8. The first-order valence-corrected chi connectivity index (χ1v) is 14.8. The van der Waals surface area contributed by atoms with Crippen molar-refractivity contribution in [3.8, 4) is 0 Å². The maximum Gasteiger partial charge on any atom is 0.408 e. The van der Waals surface area contributed by atoms with E-state index in [0.717, 1.165) is 5.56 Å². The van der Waals surface area contributed by atoms with Crippen LogP contribution in [0.25, 0.3) is 0 Å². The Morgan fingerprint density at radius 2 is 1.67 bits per heavy atom. The van der Waals surface area contributed by atoms with E-state index in [0.29, 0.717) is 58.2 Å². The highest BCUT2D eigenvalue weighted by Crippen LogP contribution is 2.32. The lowest BCUT2D eigenvalue weighted by molar-refractivity contribution is -0.154. The molecule has 12 heteroatoms. The van der Waals surface area contributed by atoms with Crippen LogP contribution in [0.4, 0.5) is 4.79 Å². The first-order valence-electron chi connectivity index (χ1n) is 14.8. The Hall–Kier alpha value is -3.67. The molecule has 2 aliphatic rings. The van der Waals surface area contributed by atoms with Gasteiger partial charge in [0.2, 0.25) is 17.7 Å². The molecule has 0 radical (unpaired) electrons. The van der Waals surface area contributed by atoms with Gasteiger partial charge in [0.1, 0.15) is 23.7 Å². The second kappa shape index (κ2) is 14.0. The van der Waals surface area contributed by atoms with E-state index in [1.807, 2.05) is 30.3 Å². The molecule has 12 nitrogen and oxygen atoms in total. The second-order valence-electron chi connectivity index (χ2n) is 11.9. The van der Waals surface area contributed by atoms with Gasteiger partial charge in [0, 0.05) is 19.6 Å². The SMILES string of the molecule is CCC(NC(=O)C1(NCc2ccccc2)CCCN1C(=O)C1CCCN1C(=O)C(CC)NC(=O)OC(C)(C)C)C(N)=O. The summed E-state index contributed by atoms with van der Waals surface area (Å²) in [6.07, 6.45) is 1.82. The minimum Gasteiger partial charge on any atom is -0.444 e. The summed E-state index contributed by atoms with van der Waals surface area (Å²) in [7, 11) is 0. The lowest BCUT2D eigenvalue weighted by Gasteiger charge is -2.41. The molecular weight excluding hydrogens is 540 g/mol. The standard InChI is InChI=1S/C30H46N6O6/c1-6-21(24(31)37)33-27(40)30(32-19-20-13-9-8-10-14-20)16-12-18-36(30)26(39)23-15-11-17-35(23)25(38)22(7-2)34-28(41)42-29(3,4)5/h8-10,13-14,21-23,32H,6-7,11-12,15-19H2,1-5H3,(H2,31,37)(H,33,40)(H,34,41). The Morgan fingerprint density at radius 3 is 2.26 bits per heavy atom. The van der Waals surface area contributed by atoms with Gasteiger partial charge >= 0.3 is 6.09 Å². The Balaban J connectivity index is 1.86. The molecule has 232 valence electrons. The molecule has 2 saturated heterocycles. The van der Waals surface area contributed by atoms with Gasteiger partial charge in [-0.15, -0.1) is 0 Å². The maximum absolute atomic E-state index is 14.2. The number of hydrogen-bond donors (Lipinski definition) is 4.